The molecule has 0 radical (unpaired) electrons. The van der Waals surface area contributed by atoms with Gasteiger partial charge in [0, 0.05) is 23.3 Å². The van der Waals surface area contributed by atoms with E-state index in [0.29, 0.717) is 12.1 Å². The van der Waals surface area contributed by atoms with Gasteiger partial charge < -0.3 is 4.74 Å². The summed E-state index contributed by atoms with van der Waals surface area (Å²) in [4.78, 5) is 1.31. The van der Waals surface area contributed by atoms with Crippen molar-refractivity contribution >= 4 is 11.8 Å². The third-order valence-corrected chi connectivity index (χ3v) is 4.99. The van der Waals surface area contributed by atoms with Crippen LogP contribution in [0.4, 0.5) is 0 Å². The molecule has 0 aromatic heterocycles. The van der Waals surface area contributed by atoms with Gasteiger partial charge in [-0.05, 0) is 51.2 Å². The summed E-state index contributed by atoms with van der Waals surface area (Å²) < 4.78 is 5.65. The molecule has 3 nitrogen and oxygen atoms in total. The van der Waals surface area contributed by atoms with Gasteiger partial charge in [-0.2, -0.15) is 0 Å². The molecular formula is C16H26N2OS. The number of nitrogens with two attached hydrogens (primary N) is 1. The molecule has 0 aliphatic carbocycles. The number of thioether (sulfide) groups is 1. The van der Waals surface area contributed by atoms with Gasteiger partial charge in [-0.15, -0.1) is 11.8 Å². The lowest BCUT2D eigenvalue weighted by Gasteiger charge is -2.16. The minimum atomic E-state index is 0.378. The number of hydrazine groups is 1. The van der Waals surface area contributed by atoms with E-state index in [9.17, 15) is 0 Å². The first-order chi connectivity index (χ1) is 9.78. The molecule has 1 aromatic carbocycles. The molecule has 1 aromatic rings. The van der Waals surface area contributed by atoms with Crippen molar-refractivity contribution in [3.05, 3.63) is 29.8 Å². The topological polar surface area (TPSA) is 47.3 Å². The molecule has 112 valence electrons. The van der Waals surface area contributed by atoms with Crippen molar-refractivity contribution in [3.8, 4) is 0 Å². The Kier molecular flexibility index (Phi) is 6.87. The molecule has 1 aliphatic heterocycles. The molecule has 3 N–H and O–H groups in total. The molecule has 2 rings (SSSR count). The Morgan fingerprint density at radius 2 is 2.20 bits per heavy atom. The molecule has 0 amide bonds. The van der Waals surface area contributed by atoms with E-state index in [4.69, 9.17) is 10.6 Å². The Morgan fingerprint density at radius 1 is 1.40 bits per heavy atom. The van der Waals surface area contributed by atoms with Crippen molar-refractivity contribution < 1.29 is 4.74 Å². The molecule has 1 saturated heterocycles. The Labute approximate surface area is 126 Å². The van der Waals surface area contributed by atoms with Crippen molar-refractivity contribution in [2.75, 3.05) is 12.4 Å². The summed E-state index contributed by atoms with van der Waals surface area (Å²) >= 11 is 1.87. The number of nitrogens with one attached hydrogen (secondary N) is 1. The number of benzene rings is 1. The Hall–Kier alpha value is -0.550. The number of rotatable bonds is 8. The van der Waals surface area contributed by atoms with Crippen LogP contribution in [0.2, 0.25) is 0 Å². The molecule has 1 fully saturated rings. The Bertz CT molecular complexity index is 377. The van der Waals surface area contributed by atoms with Crippen molar-refractivity contribution in [3.63, 3.8) is 0 Å². The summed E-state index contributed by atoms with van der Waals surface area (Å²) in [5.41, 5.74) is 4.25. The zero-order valence-corrected chi connectivity index (χ0v) is 13.1. The van der Waals surface area contributed by atoms with Crippen LogP contribution in [0.25, 0.3) is 0 Å². The second-order valence-electron chi connectivity index (χ2n) is 5.55. The minimum absolute atomic E-state index is 0.378. The van der Waals surface area contributed by atoms with Crippen LogP contribution >= 0.6 is 11.8 Å². The van der Waals surface area contributed by atoms with Gasteiger partial charge in [0.1, 0.15) is 0 Å². The maximum Gasteiger partial charge on any atom is 0.0576 e. The van der Waals surface area contributed by atoms with Crippen molar-refractivity contribution in [2.24, 2.45) is 5.84 Å². The zero-order chi connectivity index (χ0) is 14.2. The third-order valence-electron chi connectivity index (χ3n) is 3.81. The summed E-state index contributed by atoms with van der Waals surface area (Å²) in [7, 11) is 0. The molecule has 1 aliphatic rings. The third kappa shape index (κ3) is 5.44. The van der Waals surface area contributed by atoms with E-state index >= 15 is 0 Å². The average molecular weight is 294 g/mol. The predicted octanol–water partition coefficient (Wildman–Crippen LogP) is 3.27. The monoisotopic (exact) mass is 294 g/mol. The van der Waals surface area contributed by atoms with Crippen molar-refractivity contribution in [1.82, 2.24) is 5.43 Å². The number of ether oxygens (including phenoxy) is 1. The molecule has 20 heavy (non-hydrogen) atoms. The van der Waals surface area contributed by atoms with E-state index in [0.717, 1.165) is 18.8 Å². The predicted molar refractivity (Wildman–Crippen MR) is 85.8 cm³/mol. The largest absolute Gasteiger partial charge is 0.378 e. The maximum absolute atomic E-state index is 5.66. The normalized spacial score (nSPS) is 20.2. The quantitative estimate of drug-likeness (QED) is 0.439. The fourth-order valence-corrected chi connectivity index (χ4v) is 3.50. The first-order valence-corrected chi connectivity index (χ1v) is 8.53. The van der Waals surface area contributed by atoms with E-state index in [1.165, 1.54) is 36.1 Å². The molecule has 0 spiro atoms. The summed E-state index contributed by atoms with van der Waals surface area (Å²) in [5.74, 6) is 6.68. The highest BCUT2D eigenvalue weighted by Gasteiger charge is 2.16. The summed E-state index contributed by atoms with van der Waals surface area (Å²) in [6.45, 7) is 3.07. The lowest BCUT2D eigenvalue weighted by Crippen LogP contribution is -2.37. The van der Waals surface area contributed by atoms with E-state index in [1.54, 1.807) is 0 Å². The highest BCUT2D eigenvalue weighted by atomic mass is 32.2. The molecular weight excluding hydrogens is 268 g/mol. The van der Waals surface area contributed by atoms with Crippen molar-refractivity contribution in [2.45, 2.75) is 56.1 Å². The second kappa shape index (κ2) is 8.67. The summed E-state index contributed by atoms with van der Waals surface area (Å²) in [6, 6.07) is 9.05. The standard InChI is InChI=1S/C16H26N2OS/c1-13-7-9-16(10-8-13)20-12-14(18-17)4-2-5-15-6-3-11-19-15/h7-10,14-15,18H,2-6,11-12,17H2,1H3. The van der Waals surface area contributed by atoms with Gasteiger partial charge in [0.05, 0.1) is 6.10 Å². The molecule has 1 heterocycles. The first-order valence-electron chi connectivity index (χ1n) is 7.55. The fraction of sp³-hybridized carbons (Fsp3) is 0.625. The van der Waals surface area contributed by atoms with E-state index in [-0.39, 0.29) is 0 Å². The Morgan fingerprint density at radius 3 is 2.85 bits per heavy atom. The van der Waals surface area contributed by atoms with Gasteiger partial charge in [0.2, 0.25) is 0 Å². The van der Waals surface area contributed by atoms with E-state index in [2.05, 4.69) is 36.6 Å². The maximum atomic E-state index is 5.66. The van der Waals surface area contributed by atoms with Crippen LogP contribution in [-0.4, -0.2) is 24.5 Å². The lowest BCUT2D eigenvalue weighted by atomic mass is 10.1. The molecule has 4 heteroatoms. The van der Waals surface area contributed by atoms with E-state index in [1.807, 2.05) is 11.8 Å². The van der Waals surface area contributed by atoms with Crippen LogP contribution in [-0.2, 0) is 4.74 Å². The highest BCUT2D eigenvalue weighted by Crippen LogP contribution is 2.22. The molecule has 0 bridgehead atoms. The van der Waals surface area contributed by atoms with E-state index < -0.39 is 0 Å². The lowest BCUT2D eigenvalue weighted by molar-refractivity contribution is 0.101. The van der Waals surface area contributed by atoms with Crippen LogP contribution < -0.4 is 11.3 Å². The SMILES string of the molecule is Cc1ccc(SCC(CCCC2CCCO2)NN)cc1. The molecule has 0 saturated carbocycles. The number of hydrogen-bond acceptors (Lipinski definition) is 4. The van der Waals surface area contributed by atoms with Crippen molar-refractivity contribution in [1.29, 1.82) is 0 Å². The van der Waals surface area contributed by atoms with Gasteiger partial charge in [-0.25, -0.2) is 0 Å². The molecule has 2 atom stereocenters. The number of hydrogen-bond donors (Lipinski definition) is 2. The van der Waals surface area contributed by atoms with Crippen LogP contribution in [0.15, 0.2) is 29.2 Å². The fourth-order valence-electron chi connectivity index (χ4n) is 2.51. The van der Waals surface area contributed by atoms with Gasteiger partial charge in [-0.3, -0.25) is 11.3 Å². The molecule has 2 unspecified atom stereocenters. The first kappa shape index (κ1) is 15.8. The van der Waals surface area contributed by atoms with Crippen LogP contribution in [0.5, 0.6) is 0 Å². The number of aryl methyl sites for hydroxylation is 1. The highest BCUT2D eigenvalue weighted by molar-refractivity contribution is 7.99. The minimum Gasteiger partial charge on any atom is -0.378 e. The smallest absolute Gasteiger partial charge is 0.0576 e. The van der Waals surface area contributed by atoms with Gasteiger partial charge in [0.15, 0.2) is 0 Å². The van der Waals surface area contributed by atoms with Gasteiger partial charge >= 0.3 is 0 Å². The van der Waals surface area contributed by atoms with Gasteiger partial charge in [-0.1, -0.05) is 17.7 Å². The van der Waals surface area contributed by atoms with Crippen LogP contribution in [0.3, 0.4) is 0 Å². The van der Waals surface area contributed by atoms with Crippen LogP contribution in [0, 0.1) is 6.92 Å². The second-order valence-corrected chi connectivity index (χ2v) is 6.65. The average Bonchev–Trinajstić information content (AvgIpc) is 2.97. The van der Waals surface area contributed by atoms with Gasteiger partial charge in [0.25, 0.3) is 0 Å². The Balaban J connectivity index is 1.64. The summed E-state index contributed by atoms with van der Waals surface area (Å²) in [6.07, 6.45) is 6.44. The van der Waals surface area contributed by atoms with Crippen LogP contribution in [0.1, 0.15) is 37.7 Å². The zero-order valence-electron chi connectivity index (χ0n) is 12.3. The summed E-state index contributed by atoms with van der Waals surface area (Å²) in [5, 5.41) is 0.